The number of carbonyl (C=O) groups excluding carboxylic acids is 3. The molecule has 7 rings (SSSR count). The third kappa shape index (κ3) is 8.00. The summed E-state index contributed by atoms with van der Waals surface area (Å²) in [6.45, 7) is 7.87. The van der Waals surface area contributed by atoms with Crippen molar-refractivity contribution in [3.8, 4) is 5.75 Å². The monoisotopic (exact) mass is 735 g/mol. The molecule has 0 bridgehead atoms. The zero-order chi connectivity index (χ0) is 37.3. The lowest BCUT2D eigenvalue weighted by molar-refractivity contribution is -0.140. The zero-order valence-corrected chi connectivity index (χ0v) is 29.9. The van der Waals surface area contributed by atoms with E-state index in [2.05, 4.69) is 33.3 Å². The number of ether oxygens (including phenoxy) is 1. The number of fused-ring (bicyclic) bond motifs is 1. The Morgan fingerprint density at radius 2 is 1.58 bits per heavy atom. The van der Waals surface area contributed by atoms with Crippen molar-refractivity contribution in [3.63, 3.8) is 0 Å². The summed E-state index contributed by atoms with van der Waals surface area (Å²) in [5.41, 5.74) is 2.50. The maximum absolute atomic E-state index is 14.9. The first kappa shape index (κ1) is 36.7. The van der Waals surface area contributed by atoms with Gasteiger partial charge in [0.2, 0.25) is 11.8 Å². The second-order valence-corrected chi connectivity index (χ2v) is 14.5. The number of hydrogen-bond acceptors (Lipinski definition) is 7. The number of carbonyl (C=O) groups is 3. The third-order valence-electron chi connectivity index (χ3n) is 11.2. The highest BCUT2D eigenvalue weighted by molar-refractivity contribution is 6.05. The van der Waals surface area contributed by atoms with Crippen LogP contribution in [0, 0.1) is 12.7 Å². The number of unbranched alkanes of at least 4 members (excludes halogenated alkanes) is 1. The quantitative estimate of drug-likeness (QED) is 0.149. The van der Waals surface area contributed by atoms with Gasteiger partial charge >= 0.3 is 6.18 Å². The molecule has 0 aromatic heterocycles. The minimum absolute atomic E-state index is 0.0183. The first-order valence-corrected chi connectivity index (χ1v) is 18.5. The number of aryl methyl sites for hydroxylation is 1. The average molecular weight is 736 g/mol. The predicted octanol–water partition coefficient (Wildman–Crippen LogP) is 6.28. The molecule has 3 amide bonds. The maximum Gasteiger partial charge on any atom is 0.419 e. The number of piperazine rings is 1. The molecule has 0 radical (unpaired) electrons. The van der Waals surface area contributed by atoms with Crippen LogP contribution in [0.25, 0.3) is 0 Å². The van der Waals surface area contributed by atoms with E-state index in [0.717, 1.165) is 81.0 Å². The highest BCUT2D eigenvalue weighted by Gasteiger charge is 2.40. The van der Waals surface area contributed by atoms with E-state index < -0.39 is 29.5 Å². The van der Waals surface area contributed by atoms with Crippen molar-refractivity contribution in [2.75, 3.05) is 62.2 Å². The molecule has 1 unspecified atom stereocenters. The number of alkyl halides is 3. The van der Waals surface area contributed by atoms with Gasteiger partial charge in [0.25, 0.3) is 5.91 Å². The summed E-state index contributed by atoms with van der Waals surface area (Å²) in [5, 5.41) is 2.35. The van der Waals surface area contributed by atoms with Crippen molar-refractivity contribution in [1.29, 1.82) is 0 Å². The number of halogens is 4. The Morgan fingerprint density at radius 3 is 2.28 bits per heavy atom. The van der Waals surface area contributed by atoms with Gasteiger partial charge in [-0.15, -0.1) is 0 Å². The lowest BCUT2D eigenvalue weighted by Gasteiger charge is -2.36. The van der Waals surface area contributed by atoms with Gasteiger partial charge in [-0.2, -0.15) is 13.2 Å². The van der Waals surface area contributed by atoms with Gasteiger partial charge in [0, 0.05) is 63.5 Å². The predicted molar refractivity (Wildman–Crippen MR) is 193 cm³/mol. The van der Waals surface area contributed by atoms with Crippen LogP contribution in [0.5, 0.6) is 5.75 Å². The summed E-state index contributed by atoms with van der Waals surface area (Å²) in [5.74, 6) is -0.983. The second kappa shape index (κ2) is 15.4. The Labute approximate surface area is 306 Å². The number of nitrogens with zero attached hydrogens (tertiary/aromatic N) is 4. The number of amides is 3. The summed E-state index contributed by atoms with van der Waals surface area (Å²) in [4.78, 5) is 45.1. The molecule has 3 aromatic rings. The molecule has 9 nitrogen and oxygen atoms in total. The molecule has 4 aliphatic rings. The van der Waals surface area contributed by atoms with Crippen LogP contribution in [0.15, 0.2) is 54.6 Å². The number of piperidine rings is 2. The molecular weight excluding hydrogens is 690 g/mol. The molecule has 0 saturated carbocycles. The van der Waals surface area contributed by atoms with Gasteiger partial charge in [-0.05, 0) is 105 Å². The molecule has 0 spiro atoms. The Hall–Kier alpha value is -4.65. The van der Waals surface area contributed by atoms with E-state index in [9.17, 15) is 31.9 Å². The molecular formula is C40H45F4N5O4. The zero-order valence-electron chi connectivity index (χ0n) is 29.9. The Morgan fingerprint density at radius 1 is 0.849 bits per heavy atom. The molecule has 3 aromatic carbocycles. The number of benzene rings is 3. The van der Waals surface area contributed by atoms with Gasteiger partial charge in [0.05, 0.1) is 17.9 Å². The topological polar surface area (TPSA) is 85.4 Å². The van der Waals surface area contributed by atoms with Crippen LogP contribution >= 0.6 is 0 Å². The standard InChI is InChI=1S/C40H45F4N5O4/c1-26-4-11-33(37(41)36(26)40(42,43)44)48-17-14-28(15-18-48)27-5-8-31(9-6-27)53-23-3-2-16-46-19-21-47(22-20-46)30-7-10-32-29(24-30)25-49(39(32)52)34-12-13-35(50)45-38(34)51/h4-11,24,28,34H,2-3,12-23,25H2,1H3,(H,45,50,51). The molecule has 4 aliphatic heterocycles. The molecule has 3 saturated heterocycles. The molecule has 1 N–H and O–H groups in total. The van der Waals surface area contributed by atoms with Crippen molar-refractivity contribution in [1.82, 2.24) is 15.1 Å². The van der Waals surface area contributed by atoms with Gasteiger partial charge in [-0.3, -0.25) is 24.6 Å². The number of hydrogen-bond donors (Lipinski definition) is 1. The number of anilines is 2. The molecule has 4 heterocycles. The first-order valence-electron chi connectivity index (χ1n) is 18.5. The highest BCUT2D eigenvalue weighted by atomic mass is 19.4. The van der Waals surface area contributed by atoms with Crippen LogP contribution < -0.4 is 19.9 Å². The largest absolute Gasteiger partial charge is 0.494 e. The summed E-state index contributed by atoms with van der Waals surface area (Å²) in [7, 11) is 0. The lowest BCUT2D eigenvalue weighted by atomic mass is 9.89. The third-order valence-corrected chi connectivity index (χ3v) is 11.2. The Bertz CT molecular complexity index is 1840. The Kier molecular flexibility index (Phi) is 10.6. The van der Waals surface area contributed by atoms with Crippen molar-refractivity contribution >= 4 is 29.1 Å². The minimum Gasteiger partial charge on any atom is -0.494 e. The summed E-state index contributed by atoms with van der Waals surface area (Å²) in [6.07, 6.45) is -0.750. The van der Waals surface area contributed by atoms with E-state index in [1.54, 1.807) is 9.80 Å². The van der Waals surface area contributed by atoms with Crippen LogP contribution in [-0.2, 0) is 22.3 Å². The van der Waals surface area contributed by atoms with Crippen molar-refractivity contribution in [3.05, 3.63) is 88.2 Å². The second-order valence-electron chi connectivity index (χ2n) is 14.5. The van der Waals surface area contributed by atoms with Crippen LogP contribution in [0.3, 0.4) is 0 Å². The van der Waals surface area contributed by atoms with Crippen LogP contribution in [-0.4, -0.2) is 86.0 Å². The van der Waals surface area contributed by atoms with Crippen LogP contribution in [0.2, 0.25) is 0 Å². The fraction of sp³-hybridized carbons (Fsp3) is 0.475. The van der Waals surface area contributed by atoms with E-state index in [1.165, 1.54) is 19.1 Å². The van der Waals surface area contributed by atoms with Gasteiger partial charge in [-0.1, -0.05) is 18.2 Å². The average Bonchev–Trinajstić information content (AvgIpc) is 3.46. The summed E-state index contributed by atoms with van der Waals surface area (Å²) < 4.78 is 61.2. The van der Waals surface area contributed by atoms with E-state index in [0.29, 0.717) is 38.2 Å². The van der Waals surface area contributed by atoms with Crippen molar-refractivity contribution in [2.24, 2.45) is 0 Å². The molecule has 282 valence electrons. The van der Waals surface area contributed by atoms with E-state index in [4.69, 9.17) is 4.74 Å². The van der Waals surface area contributed by atoms with Gasteiger partial charge < -0.3 is 19.4 Å². The lowest BCUT2D eigenvalue weighted by Crippen LogP contribution is -2.52. The normalized spacial score (nSPS) is 20.2. The number of imide groups is 1. The van der Waals surface area contributed by atoms with E-state index in [-0.39, 0.29) is 35.4 Å². The molecule has 0 aliphatic carbocycles. The van der Waals surface area contributed by atoms with Crippen LogP contribution in [0.4, 0.5) is 28.9 Å². The SMILES string of the molecule is Cc1ccc(N2CCC(c3ccc(OCCCCN4CCN(c5ccc6c(c5)CN(C5CCC(=O)NC5=O)C6=O)CC4)cc3)CC2)c(F)c1C(F)(F)F. The Balaban J connectivity index is 0.803. The highest BCUT2D eigenvalue weighted by Crippen LogP contribution is 2.39. The van der Waals surface area contributed by atoms with E-state index >= 15 is 0 Å². The number of nitrogens with one attached hydrogen (secondary N) is 1. The maximum atomic E-state index is 14.9. The van der Waals surface area contributed by atoms with Gasteiger partial charge in [-0.25, -0.2) is 4.39 Å². The fourth-order valence-corrected chi connectivity index (χ4v) is 8.16. The smallest absolute Gasteiger partial charge is 0.419 e. The summed E-state index contributed by atoms with van der Waals surface area (Å²) in [6, 6.07) is 16.1. The molecule has 1 atom stereocenters. The molecule has 3 fully saturated rings. The van der Waals surface area contributed by atoms with Crippen molar-refractivity contribution in [2.45, 2.75) is 70.1 Å². The molecule has 53 heavy (non-hydrogen) atoms. The summed E-state index contributed by atoms with van der Waals surface area (Å²) >= 11 is 0. The fourth-order valence-electron chi connectivity index (χ4n) is 8.16. The van der Waals surface area contributed by atoms with Gasteiger partial charge in [0.1, 0.15) is 11.8 Å². The van der Waals surface area contributed by atoms with E-state index in [1.807, 2.05) is 24.3 Å². The van der Waals surface area contributed by atoms with Crippen molar-refractivity contribution < 1.29 is 36.7 Å². The van der Waals surface area contributed by atoms with Crippen LogP contribution in [0.1, 0.15) is 77.1 Å². The first-order chi connectivity index (χ1) is 25.5. The van der Waals surface area contributed by atoms with Gasteiger partial charge in [0.15, 0.2) is 5.82 Å². The minimum atomic E-state index is -4.73. The number of rotatable bonds is 10. The molecule has 13 heteroatoms.